The number of hydrogen-bond acceptors (Lipinski definition) is 3. The summed E-state index contributed by atoms with van der Waals surface area (Å²) in [5, 5.41) is 19.4. The number of nitrogens with zero attached hydrogens (tertiary/aromatic N) is 3. The summed E-state index contributed by atoms with van der Waals surface area (Å²) in [6.07, 6.45) is 5.17. The summed E-state index contributed by atoms with van der Waals surface area (Å²) < 4.78 is 1.81. The number of benzene rings is 1. The lowest BCUT2D eigenvalue weighted by Crippen LogP contribution is -2.15. The Morgan fingerprint density at radius 2 is 1.91 bits per heavy atom. The fourth-order valence-electron chi connectivity index (χ4n) is 3.38. The molecule has 2 aromatic rings. The van der Waals surface area contributed by atoms with Gasteiger partial charge in [-0.3, -0.25) is 4.79 Å². The molecular weight excluding hydrogens is 290 g/mol. The molecule has 1 aliphatic carbocycles. The first-order chi connectivity index (χ1) is 11.1. The summed E-state index contributed by atoms with van der Waals surface area (Å²) >= 11 is 0. The molecule has 122 valence electrons. The van der Waals surface area contributed by atoms with Gasteiger partial charge < -0.3 is 9.67 Å². The minimum atomic E-state index is -0.162. The SMILES string of the molecule is CC(C)n1c(O)c(N=NC(=O)C2CCCCC2)c2ccccc21. The average Bonchev–Trinajstić information content (AvgIpc) is 2.85. The van der Waals surface area contributed by atoms with Crippen molar-refractivity contribution in [2.45, 2.75) is 52.0 Å². The van der Waals surface area contributed by atoms with Crippen LogP contribution in [0.25, 0.3) is 10.9 Å². The van der Waals surface area contributed by atoms with Crippen LogP contribution in [0.15, 0.2) is 34.5 Å². The second kappa shape index (κ2) is 6.52. The van der Waals surface area contributed by atoms with Gasteiger partial charge in [-0.2, -0.15) is 0 Å². The van der Waals surface area contributed by atoms with Crippen LogP contribution in [0.4, 0.5) is 5.69 Å². The molecule has 0 radical (unpaired) electrons. The van der Waals surface area contributed by atoms with E-state index >= 15 is 0 Å². The summed E-state index contributed by atoms with van der Waals surface area (Å²) in [5.74, 6) is -0.0973. The Bertz CT molecular complexity index is 740. The fraction of sp³-hybridized carbons (Fsp3) is 0.500. The number of carbonyl (C=O) groups excluding carboxylic acids is 1. The van der Waals surface area contributed by atoms with Crippen molar-refractivity contribution >= 4 is 22.5 Å². The number of aromatic hydroxyl groups is 1. The molecule has 0 saturated heterocycles. The molecule has 5 nitrogen and oxygen atoms in total. The van der Waals surface area contributed by atoms with Crippen LogP contribution >= 0.6 is 0 Å². The van der Waals surface area contributed by atoms with Gasteiger partial charge in [-0.05, 0) is 32.8 Å². The Morgan fingerprint density at radius 1 is 1.22 bits per heavy atom. The molecule has 1 aromatic heterocycles. The normalized spacial score (nSPS) is 16.7. The number of fused-ring (bicyclic) bond motifs is 1. The van der Waals surface area contributed by atoms with Crippen LogP contribution in [0.1, 0.15) is 52.0 Å². The third kappa shape index (κ3) is 3.00. The Labute approximate surface area is 136 Å². The zero-order chi connectivity index (χ0) is 16.4. The first-order valence-corrected chi connectivity index (χ1v) is 8.37. The van der Waals surface area contributed by atoms with Crippen LogP contribution in [0.2, 0.25) is 0 Å². The smallest absolute Gasteiger partial charge is 0.267 e. The maximum absolute atomic E-state index is 12.2. The molecule has 23 heavy (non-hydrogen) atoms. The van der Waals surface area contributed by atoms with Gasteiger partial charge in [0.1, 0.15) is 0 Å². The standard InChI is InChI=1S/C18H23N3O2/c1-12(2)21-15-11-7-6-10-14(15)16(18(21)23)19-20-17(22)13-8-4-3-5-9-13/h6-7,10-13,23H,3-5,8-9H2,1-2H3. The fourth-order valence-corrected chi connectivity index (χ4v) is 3.38. The third-order valence-corrected chi connectivity index (χ3v) is 4.58. The molecule has 1 aliphatic rings. The topological polar surface area (TPSA) is 66.9 Å². The molecule has 1 amide bonds. The van der Waals surface area contributed by atoms with E-state index in [4.69, 9.17) is 0 Å². The number of amides is 1. The van der Waals surface area contributed by atoms with E-state index in [0.29, 0.717) is 5.69 Å². The summed E-state index contributed by atoms with van der Waals surface area (Å²) in [5.41, 5.74) is 1.29. The van der Waals surface area contributed by atoms with Gasteiger partial charge in [0, 0.05) is 17.3 Å². The second-order valence-corrected chi connectivity index (χ2v) is 6.53. The molecule has 3 rings (SSSR count). The van der Waals surface area contributed by atoms with Crippen LogP contribution in [-0.4, -0.2) is 15.6 Å². The van der Waals surface area contributed by atoms with Crippen LogP contribution in [-0.2, 0) is 4.79 Å². The number of aromatic nitrogens is 1. The van der Waals surface area contributed by atoms with E-state index in [0.717, 1.165) is 36.6 Å². The van der Waals surface area contributed by atoms with Crippen LogP contribution in [0.3, 0.4) is 0 Å². The highest BCUT2D eigenvalue weighted by Gasteiger charge is 2.22. The highest BCUT2D eigenvalue weighted by atomic mass is 16.3. The molecule has 1 heterocycles. The summed E-state index contributed by atoms with van der Waals surface area (Å²) in [4.78, 5) is 12.2. The Kier molecular flexibility index (Phi) is 4.46. The Hall–Kier alpha value is -2.17. The van der Waals surface area contributed by atoms with Crippen molar-refractivity contribution < 1.29 is 9.90 Å². The molecule has 1 aromatic carbocycles. The van der Waals surface area contributed by atoms with Gasteiger partial charge in [0.05, 0.1) is 5.52 Å². The van der Waals surface area contributed by atoms with Crippen LogP contribution in [0.5, 0.6) is 5.88 Å². The Balaban J connectivity index is 1.95. The first kappa shape index (κ1) is 15.7. The second-order valence-electron chi connectivity index (χ2n) is 6.53. The van der Waals surface area contributed by atoms with Crippen LogP contribution in [0, 0.1) is 5.92 Å². The molecule has 0 spiro atoms. The quantitative estimate of drug-likeness (QED) is 0.799. The van der Waals surface area contributed by atoms with Crippen molar-refractivity contribution in [1.29, 1.82) is 0 Å². The first-order valence-electron chi connectivity index (χ1n) is 8.37. The monoisotopic (exact) mass is 313 g/mol. The molecule has 1 N–H and O–H groups in total. The van der Waals surface area contributed by atoms with Crippen LogP contribution < -0.4 is 0 Å². The van der Waals surface area contributed by atoms with Gasteiger partial charge in [0.15, 0.2) is 5.69 Å². The molecular formula is C18H23N3O2. The number of hydrogen-bond donors (Lipinski definition) is 1. The summed E-state index contributed by atoms with van der Waals surface area (Å²) in [6.45, 7) is 4.00. The number of rotatable bonds is 3. The van der Waals surface area contributed by atoms with Gasteiger partial charge in [0.25, 0.3) is 5.91 Å². The van der Waals surface area contributed by atoms with Crippen molar-refractivity contribution in [2.75, 3.05) is 0 Å². The van der Waals surface area contributed by atoms with Gasteiger partial charge in [-0.15, -0.1) is 10.2 Å². The van der Waals surface area contributed by atoms with Crippen molar-refractivity contribution in [3.8, 4) is 5.88 Å². The summed E-state index contributed by atoms with van der Waals surface area (Å²) in [7, 11) is 0. The van der Waals surface area contributed by atoms with Gasteiger partial charge in [0.2, 0.25) is 5.88 Å². The number of para-hydroxylation sites is 1. The maximum Gasteiger partial charge on any atom is 0.267 e. The van der Waals surface area contributed by atoms with Crippen molar-refractivity contribution in [1.82, 2.24) is 4.57 Å². The van der Waals surface area contributed by atoms with Crippen molar-refractivity contribution in [3.05, 3.63) is 24.3 Å². The maximum atomic E-state index is 12.2. The minimum Gasteiger partial charge on any atom is -0.493 e. The minimum absolute atomic E-state index is 0.00640. The molecule has 0 atom stereocenters. The van der Waals surface area contributed by atoms with E-state index in [1.807, 2.05) is 42.7 Å². The van der Waals surface area contributed by atoms with E-state index in [-0.39, 0.29) is 23.7 Å². The lowest BCUT2D eigenvalue weighted by Gasteiger charge is -2.17. The predicted molar refractivity (Wildman–Crippen MR) is 90.1 cm³/mol. The van der Waals surface area contributed by atoms with E-state index in [1.165, 1.54) is 6.42 Å². The van der Waals surface area contributed by atoms with Crippen molar-refractivity contribution in [3.63, 3.8) is 0 Å². The highest BCUT2D eigenvalue weighted by Crippen LogP contribution is 2.40. The molecule has 1 saturated carbocycles. The molecule has 0 aliphatic heterocycles. The lowest BCUT2D eigenvalue weighted by molar-refractivity contribution is -0.122. The van der Waals surface area contributed by atoms with Gasteiger partial charge in [-0.25, -0.2) is 0 Å². The number of azo groups is 1. The molecule has 0 bridgehead atoms. The summed E-state index contributed by atoms with van der Waals surface area (Å²) in [6, 6.07) is 7.76. The highest BCUT2D eigenvalue weighted by molar-refractivity contribution is 5.95. The third-order valence-electron chi connectivity index (χ3n) is 4.58. The molecule has 1 fully saturated rings. The predicted octanol–water partition coefficient (Wildman–Crippen LogP) is 5.12. The van der Waals surface area contributed by atoms with E-state index < -0.39 is 0 Å². The number of carbonyl (C=O) groups is 1. The van der Waals surface area contributed by atoms with Gasteiger partial charge >= 0.3 is 0 Å². The van der Waals surface area contributed by atoms with E-state index in [2.05, 4.69) is 10.2 Å². The Morgan fingerprint density at radius 3 is 2.61 bits per heavy atom. The largest absolute Gasteiger partial charge is 0.493 e. The molecule has 0 unspecified atom stereocenters. The average molecular weight is 313 g/mol. The zero-order valence-electron chi connectivity index (χ0n) is 13.7. The van der Waals surface area contributed by atoms with E-state index in [1.54, 1.807) is 0 Å². The van der Waals surface area contributed by atoms with E-state index in [9.17, 15) is 9.90 Å². The van der Waals surface area contributed by atoms with Crippen molar-refractivity contribution in [2.24, 2.45) is 16.1 Å². The zero-order valence-corrected chi connectivity index (χ0v) is 13.7. The van der Waals surface area contributed by atoms with Gasteiger partial charge in [-0.1, -0.05) is 37.5 Å². The molecule has 5 heteroatoms. The lowest BCUT2D eigenvalue weighted by atomic mass is 9.89.